The number of phosphoric ester groups is 3. The second-order valence-corrected chi connectivity index (χ2v) is 23.6. The van der Waals surface area contributed by atoms with Gasteiger partial charge in [-0.2, -0.15) is 18.6 Å². The number of nitrogens with two attached hydrogens (primary N) is 3. The number of aromatic amines is 2. The topological polar surface area (TPSA) is 547 Å². The first-order valence-electron chi connectivity index (χ1n) is 22.7. The van der Waals surface area contributed by atoms with Gasteiger partial charge in [-0.25, -0.2) is 33.2 Å². The molecule has 80 heavy (non-hydrogen) atoms. The van der Waals surface area contributed by atoms with Crippen LogP contribution in [-0.4, -0.2) is 206 Å². The molecule has 446 valence electrons. The summed E-state index contributed by atoms with van der Waals surface area (Å²) in [7, 11) is -14.3. The van der Waals surface area contributed by atoms with E-state index in [1.54, 1.807) is 0 Å². The fourth-order valence-corrected chi connectivity index (χ4v) is 12.5. The van der Waals surface area contributed by atoms with Crippen molar-refractivity contribution >= 4 is 89.9 Å². The molecular formula is C37H59N15O24P4. The number of aliphatic hydroxyl groups excluding tert-OH is 4. The van der Waals surface area contributed by atoms with Crippen LogP contribution in [-0.2, 0) is 68.4 Å². The smallest absolute Gasteiger partial charge is 0.465 e. The SMILES string of the molecule is C=Nc1c(N(C)C(C)C(O)C(O)C(O)COP(=O)(O)OC2=C(COP(=O)(OC)OP(=O)(O)OP(=O)(O)OCC3OC(N(C)c4nc(N)[nH]c(=O)c4N(C)C)C(O)C3OC)OC(n3cnc4c(N)ncnc43)C2OC)nc(N)[nH]c1=O. The number of fused-ring (bicyclic) bond motifs is 1. The lowest BCUT2D eigenvalue weighted by atomic mass is 10.0. The molecule has 6 heterocycles. The Kier molecular flexibility index (Phi) is 20.1. The van der Waals surface area contributed by atoms with Crippen LogP contribution in [0.1, 0.15) is 13.2 Å². The second-order valence-electron chi connectivity index (χ2n) is 17.3. The number of anilines is 6. The van der Waals surface area contributed by atoms with Crippen LogP contribution in [0.15, 0.2) is 38.8 Å². The molecule has 4 aromatic rings. The highest BCUT2D eigenvalue weighted by Gasteiger charge is 2.51. The molecule has 0 aromatic carbocycles. The number of nitrogens with zero attached hydrogens (tertiary/aromatic N) is 10. The van der Waals surface area contributed by atoms with E-state index in [0.717, 1.165) is 26.9 Å². The monoisotopic (exact) mass is 1220 g/mol. The summed E-state index contributed by atoms with van der Waals surface area (Å²) in [6.45, 7) is 1.15. The molecule has 0 spiro atoms. The molecule has 15 N–H and O–H groups in total. The van der Waals surface area contributed by atoms with Gasteiger partial charge in [-0.3, -0.25) is 52.1 Å². The molecule has 14 atom stereocenters. The van der Waals surface area contributed by atoms with Crippen LogP contribution in [0.2, 0.25) is 0 Å². The van der Waals surface area contributed by atoms with Crippen LogP contribution in [0.3, 0.4) is 0 Å². The number of methoxy groups -OCH3 is 2. The van der Waals surface area contributed by atoms with Crippen molar-refractivity contribution in [1.29, 1.82) is 0 Å². The Bertz CT molecular complexity index is 3240. The average molecular weight is 1220 g/mol. The molecule has 1 fully saturated rings. The lowest BCUT2D eigenvalue weighted by molar-refractivity contribution is -0.0816. The molecule has 0 aliphatic carbocycles. The van der Waals surface area contributed by atoms with E-state index in [1.807, 2.05) is 0 Å². The molecule has 14 unspecified atom stereocenters. The van der Waals surface area contributed by atoms with E-state index in [9.17, 15) is 63.0 Å². The highest BCUT2D eigenvalue weighted by atomic mass is 31.3. The third-order valence-electron chi connectivity index (χ3n) is 11.9. The van der Waals surface area contributed by atoms with Crippen molar-refractivity contribution in [3.63, 3.8) is 0 Å². The number of phosphoric acid groups is 4. The van der Waals surface area contributed by atoms with E-state index >= 15 is 0 Å². The van der Waals surface area contributed by atoms with E-state index in [-0.39, 0.29) is 51.9 Å². The van der Waals surface area contributed by atoms with Crippen LogP contribution in [0.25, 0.3) is 11.2 Å². The summed E-state index contributed by atoms with van der Waals surface area (Å²) >= 11 is 0. The molecular weight excluding hydrogens is 1160 g/mol. The van der Waals surface area contributed by atoms with Crippen molar-refractivity contribution in [2.24, 2.45) is 4.99 Å². The van der Waals surface area contributed by atoms with Crippen LogP contribution < -0.4 is 43.0 Å². The van der Waals surface area contributed by atoms with Crippen LogP contribution in [0, 0.1) is 0 Å². The Balaban J connectivity index is 1.16. The van der Waals surface area contributed by atoms with Gasteiger partial charge in [-0.05, 0) is 13.6 Å². The number of imidazole rings is 1. The summed E-state index contributed by atoms with van der Waals surface area (Å²) in [5, 5.41) is 43.9. The number of aromatic nitrogens is 8. The maximum atomic E-state index is 13.8. The zero-order chi connectivity index (χ0) is 59.6. The number of rotatable bonds is 28. The minimum Gasteiger partial charge on any atom is -0.465 e. The van der Waals surface area contributed by atoms with Crippen molar-refractivity contribution in [2.45, 2.75) is 68.1 Å². The van der Waals surface area contributed by atoms with Gasteiger partial charge in [0.15, 0.2) is 52.6 Å². The van der Waals surface area contributed by atoms with Gasteiger partial charge in [-0.15, -0.1) is 0 Å². The van der Waals surface area contributed by atoms with Gasteiger partial charge >= 0.3 is 31.3 Å². The normalized spacial score (nSPS) is 23.9. The van der Waals surface area contributed by atoms with Crippen molar-refractivity contribution in [1.82, 2.24) is 39.5 Å². The number of nitrogen functional groups attached to an aromatic ring is 3. The standard InChI is InChI=1S/C37H59N15O24P4/c1-15(50(5)30-20(41-2)32(57)47-36(39)45-30)22(54)23(55)16(53)10-69-77(59,60)74-26-18(73-35(27(26)67-8)52-14-44-19-28(38)42-13-43-29(19)52)12-71-80(65,68-9)76-79(63,64)75-78(61,62)70-11-17-25(66-7)24(56)34(72-17)51(6)31-21(49(3)4)33(58)48-37(40)46-31/h13-17,22-25,27,34-35,53-56H,2,10-12H2,1,3-9H3,(H,59,60)(H,61,62)(H,63,64)(H2,38,42,43)(H3,39,45,47,57)(H3,40,46,48,58). The van der Waals surface area contributed by atoms with Crippen molar-refractivity contribution in [3.8, 4) is 0 Å². The van der Waals surface area contributed by atoms with Gasteiger partial charge in [0.2, 0.25) is 18.1 Å². The fraction of sp³-hybridized carbons (Fsp3) is 0.568. The van der Waals surface area contributed by atoms with Crippen LogP contribution in [0.5, 0.6) is 0 Å². The quantitative estimate of drug-likeness (QED) is 0.0214. The van der Waals surface area contributed by atoms with E-state index < -0.39 is 135 Å². The third kappa shape index (κ3) is 14.2. The number of hydrogen-bond donors (Lipinski definition) is 12. The predicted molar refractivity (Wildman–Crippen MR) is 275 cm³/mol. The summed E-state index contributed by atoms with van der Waals surface area (Å²) in [5.74, 6) is -2.46. The second kappa shape index (κ2) is 25.3. The minimum atomic E-state index is -6.11. The van der Waals surface area contributed by atoms with Gasteiger partial charge in [0.25, 0.3) is 11.1 Å². The first-order valence-corrected chi connectivity index (χ1v) is 28.6. The molecule has 43 heteroatoms. The Morgan fingerprint density at radius 1 is 0.863 bits per heavy atom. The summed E-state index contributed by atoms with van der Waals surface area (Å²) in [6.07, 6.45) is -12.9. The van der Waals surface area contributed by atoms with Gasteiger partial charge in [0, 0.05) is 49.5 Å². The molecule has 1 saturated heterocycles. The van der Waals surface area contributed by atoms with Crippen molar-refractivity contribution in [3.05, 3.63) is 44.9 Å². The summed E-state index contributed by atoms with van der Waals surface area (Å²) < 4.78 is 112. The summed E-state index contributed by atoms with van der Waals surface area (Å²) in [4.78, 5) is 89.5. The maximum absolute atomic E-state index is 13.8. The van der Waals surface area contributed by atoms with E-state index in [0.29, 0.717) is 7.11 Å². The molecule has 0 saturated carbocycles. The summed E-state index contributed by atoms with van der Waals surface area (Å²) in [5.41, 5.74) is 15.7. The van der Waals surface area contributed by atoms with E-state index in [1.165, 1.54) is 54.4 Å². The number of ether oxygens (including phenoxy) is 4. The van der Waals surface area contributed by atoms with Crippen molar-refractivity contribution < 1.29 is 104 Å². The van der Waals surface area contributed by atoms with E-state index in [2.05, 4.69) is 55.2 Å². The molecule has 0 radical (unpaired) electrons. The molecule has 6 rings (SSSR count). The number of likely N-dealkylation sites (N-methyl/N-ethyl adjacent to an activating group) is 2. The zero-order valence-corrected chi connectivity index (χ0v) is 46.9. The number of aliphatic imine (C=N–C) groups is 1. The molecule has 0 amide bonds. The fourth-order valence-electron chi connectivity index (χ4n) is 7.88. The molecule has 2 aliphatic heterocycles. The Morgan fingerprint density at radius 2 is 1.51 bits per heavy atom. The van der Waals surface area contributed by atoms with Crippen LogP contribution in [0.4, 0.5) is 40.7 Å². The minimum absolute atomic E-state index is 0.00402. The lowest BCUT2D eigenvalue weighted by Gasteiger charge is -2.34. The largest absolute Gasteiger partial charge is 0.527 e. The van der Waals surface area contributed by atoms with Gasteiger partial charge < -0.3 is 85.6 Å². The number of hydrogen-bond acceptors (Lipinski definition) is 33. The van der Waals surface area contributed by atoms with Crippen molar-refractivity contribution in [2.75, 3.05) is 101 Å². The Labute approximate surface area is 451 Å². The first-order chi connectivity index (χ1) is 37.3. The highest BCUT2D eigenvalue weighted by Crippen LogP contribution is 2.69. The third-order valence-corrected chi connectivity index (χ3v) is 17.4. The zero-order valence-electron chi connectivity index (χ0n) is 43.3. The predicted octanol–water partition coefficient (Wildman–Crippen LogP) is -2.11. The highest BCUT2D eigenvalue weighted by molar-refractivity contribution is 7.67. The number of nitrogens with one attached hydrogen (secondary N) is 2. The maximum Gasteiger partial charge on any atom is 0.527 e. The van der Waals surface area contributed by atoms with Gasteiger partial charge in [-0.1, -0.05) is 0 Å². The first kappa shape index (κ1) is 63.6. The molecule has 0 bridgehead atoms. The van der Waals surface area contributed by atoms with Crippen LogP contribution >= 0.6 is 31.3 Å². The average Bonchev–Trinajstić information content (AvgIpc) is 4.06. The molecule has 2 aliphatic rings. The Hall–Kier alpha value is -5.60. The van der Waals surface area contributed by atoms with Gasteiger partial charge in [0.05, 0.1) is 19.3 Å². The lowest BCUT2D eigenvalue weighted by Crippen LogP contribution is -2.51. The Morgan fingerprint density at radius 3 is 2.12 bits per heavy atom. The molecule has 39 nitrogen and oxygen atoms in total. The van der Waals surface area contributed by atoms with Gasteiger partial charge in [0.1, 0.15) is 67.1 Å². The number of H-pyrrole nitrogens is 2. The number of aliphatic hydroxyl groups is 4. The summed E-state index contributed by atoms with van der Waals surface area (Å²) in [6, 6.07) is -1.18. The van der Waals surface area contributed by atoms with E-state index in [4.69, 9.17) is 58.8 Å². The molecule has 4 aromatic heterocycles.